The number of aromatic amines is 1. The maximum absolute atomic E-state index is 5.83. The monoisotopic (exact) mass is 338 g/mol. The summed E-state index contributed by atoms with van der Waals surface area (Å²) in [5.74, 6) is 2.58. The van der Waals surface area contributed by atoms with Gasteiger partial charge in [-0.05, 0) is 42.0 Å². The second-order valence-corrected chi connectivity index (χ2v) is 5.97. The number of hydrogen-bond acceptors (Lipinski definition) is 4. The molecule has 0 amide bonds. The number of para-hydroxylation sites is 1. The van der Waals surface area contributed by atoms with Crippen molar-refractivity contribution in [1.29, 1.82) is 0 Å². The fraction of sp³-hybridized carbons (Fsp3) is 0.167. The van der Waals surface area contributed by atoms with Crippen LogP contribution in [-0.4, -0.2) is 21.1 Å². The molecular formula is C18H18N4OS. The van der Waals surface area contributed by atoms with Gasteiger partial charge in [-0.15, -0.1) is 0 Å². The summed E-state index contributed by atoms with van der Waals surface area (Å²) >= 11 is 5.23. The van der Waals surface area contributed by atoms with Crippen LogP contribution in [0.1, 0.15) is 31.2 Å². The minimum absolute atomic E-state index is 0.225. The SMILES string of the molecule is CC(C)c1n[nH]c(=S)n1/N=C/c1cccc(Oc2ccccc2)c1. The molecular weight excluding hydrogens is 320 g/mol. The van der Waals surface area contributed by atoms with Crippen LogP contribution in [0.25, 0.3) is 0 Å². The summed E-state index contributed by atoms with van der Waals surface area (Å²) in [6.45, 7) is 4.09. The summed E-state index contributed by atoms with van der Waals surface area (Å²) in [6.07, 6.45) is 1.75. The lowest BCUT2D eigenvalue weighted by Gasteiger charge is -2.06. The molecule has 0 fully saturated rings. The van der Waals surface area contributed by atoms with Crippen molar-refractivity contribution in [3.8, 4) is 11.5 Å². The average molecular weight is 338 g/mol. The average Bonchev–Trinajstić information content (AvgIpc) is 2.95. The van der Waals surface area contributed by atoms with E-state index >= 15 is 0 Å². The van der Waals surface area contributed by atoms with Crippen LogP contribution < -0.4 is 4.74 Å². The zero-order valence-corrected chi connectivity index (χ0v) is 14.3. The topological polar surface area (TPSA) is 55.2 Å². The van der Waals surface area contributed by atoms with Crippen LogP contribution in [-0.2, 0) is 0 Å². The van der Waals surface area contributed by atoms with Gasteiger partial charge in [-0.1, -0.05) is 44.2 Å². The Balaban J connectivity index is 1.82. The molecule has 6 heteroatoms. The molecule has 3 aromatic rings. The molecule has 0 aliphatic rings. The molecule has 0 spiro atoms. The molecule has 0 saturated heterocycles. The van der Waals surface area contributed by atoms with Gasteiger partial charge in [0.2, 0.25) is 4.77 Å². The normalized spacial score (nSPS) is 11.3. The van der Waals surface area contributed by atoms with E-state index in [0.29, 0.717) is 4.77 Å². The smallest absolute Gasteiger partial charge is 0.216 e. The van der Waals surface area contributed by atoms with E-state index in [9.17, 15) is 0 Å². The number of hydrogen-bond donors (Lipinski definition) is 1. The largest absolute Gasteiger partial charge is 0.457 e. The predicted molar refractivity (Wildman–Crippen MR) is 97.5 cm³/mol. The molecule has 2 aromatic carbocycles. The lowest BCUT2D eigenvalue weighted by Crippen LogP contribution is -2.00. The Labute approximate surface area is 145 Å². The first-order valence-electron chi connectivity index (χ1n) is 7.68. The van der Waals surface area contributed by atoms with E-state index in [-0.39, 0.29) is 5.92 Å². The van der Waals surface area contributed by atoms with Crippen LogP contribution in [0.3, 0.4) is 0 Å². The molecule has 5 nitrogen and oxygen atoms in total. The van der Waals surface area contributed by atoms with E-state index in [2.05, 4.69) is 15.3 Å². The summed E-state index contributed by atoms with van der Waals surface area (Å²) in [6, 6.07) is 17.4. The highest BCUT2D eigenvalue weighted by Gasteiger charge is 2.08. The van der Waals surface area contributed by atoms with Gasteiger partial charge in [-0.2, -0.15) is 14.9 Å². The first kappa shape index (κ1) is 16.1. The Hall–Kier alpha value is -2.73. The van der Waals surface area contributed by atoms with Gasteiger partial charge in [0.1, 0.15) is 11.5 Å². The molecule has 0 bridgehead atoms. The number of aromatic nitrogens is 3. The van der Waals surface area contributed by atoms with E-state index in [1.165, 1.54) is 0 Å². The van der Waals surface area contributed by atoms with Crippen LogP contribution in [0.4, 0.5) is 0 Å². The second kappa shape index (κ2) is 7.23. The molecule has 0 radical (unpaired) electrons. The lowest BCUT2D eigenvalue weighted by atomic mass is 10.2. The fourth-order valence-corrected chi connectivity index (χ4v) is 2.38. The van der Waals surface area contributed by atoms with E-state index in [1.807, 2.05) is 68.4 Å². The zero-order chi connectivity index (χ0) is 16.9. The maximum atomic E-state index is 5.83. The minimum Gasteiger partial charge on any atom is -0.457 e. The molecule has 1 aromatic heterocycles. The van der Waals surface area contributed by atoms with Gasteiger partial charge < -0.3 is 4.74 Å². The third-order valence-electron chi connectivity index (χ3n) is 3.35. The van der Waals surface area contributed by atoms with Crippen molar-refractivity contribution in [2.24, 2.45) is 5.10 Å². The lowest BCUT2D eigenvalue weighted by molar-refractivity contribution is 0.482. The first-order valence-corrected chi connectivity index (χ1v) is 8.09. The van der Waals surface area contributed by atoms with Crippen molar-refractivity contribution < 1.29 is 4.74 Å². The Morgan fingerprint density at radius 2 is 1.88 bits per heavy atom. The quantitative estimate of drug-likeness (QED) is 0.540. The molecule has 0 saturated carbocycles. The maximum Gasteiger partial charge on any atom is 0.216 e. The van der Waals surface area contributed by atoms with Gasteiger partial charge in [-0.3, -0.25) is 5.10 Å². The Morgan fingerprint density at radius 1 is 1.12 bits per heavy atom. The van der Waals surface area contributed by atoms with Crippen molar-refractivity contribution in [3.05, 3.63) is 70.8 Å². The van der Waals surface area contributed by atoms with Crippen molar-refractivity contribution in [2.75, 3.05) is 0 Å². The van der Waals surface area contributed by atoms with E-state index in [0.717, 1.165) is 22.9 Å². The van der Waals surface area contributed by atoms with Gasteiger partial charge >= 0.3 is 0 Å². The number of benzene rings is 2. The molecule has 122 valence electrons. The molecule has 1 N–H and O–H groups in total. The number of H-pyrrole nitrogens is 1. The summed E-state index contributed by atoms with van der Waals surface area (Å²) in [5, 5.41) is 11.4. The second-order valence-electron chi connectivity index (χ2n) is 5.59. The van der Waals surface area contributed by atoms with Crippen LogP contribution in [0, 0.1) is 4.77 Å². The summed E-state index contributed by atoms with van der Waals surface area (Å²) < 4.78 is 7.96. The van der Waals surface area contributed by atoms with E-state index in [1.54, 1.807) is 10.9 Å². The first-order chi connectivity index (χ1) is 11.6. The molecule has 0 aliphatic heterocycles. The zero-order valence-electron chi connectivity index (χ0n) is 13.5. The highest BCUT2D eigenvalue weighted by Crippen LogP contribution is 2.21. The standard InChI is InChI=1S/C18H18N4OS/c1-13(2)17-20-21-18(24)22(17)19-12-14-7-6-10-16(11-14)23-15-8-4-3-5-9-15/h3-13H,1-2H3,(H,21,24)/b19-12+. The molecule has 1 heterocycles. The number of rotatable bonds is 5. The van der Waals surface area contributed by atoms with Crippen molar-refractivity contribution in [2.45, 2.75) is 19.8 Å². The van der Waals surface area contributed by atoms with Gasteiger partial charge in [0.05, 0.1) is 6.21 Å². The Morgan fingerprint density at radius 3 is 2.62 bits per heavy atom. The van der Waals surface area contributed by atoms with Crippen molar-refractivity contribution >= 4 is 18.4 Å². The molecule has 0 atom stereocenters. The van der Waals surface area contributed by atoms with Crippen LogP contribution >= 0.6 is 12.2 Å². The van der Waals surface area contributed by atoms with Gasteiger partial charge in [-0.25, -0.2) is 0 Å². The molecule has 0 aliphatic carbocycles. The van der Waals surface area contributed by atoms with Crippen LogP contribution in [0.5, 0.6) is 11.5 Å². The molecule has 0 unspecified atom stereocenters. The number of nitrogens with one attached hydrogen (secondary N) is 1. The van der Waals surface area contributed by atoms with Crippen LogP contribution in [0.15, 0.2) is 59.7 Å². The summed E-state index contributed by atoms with van der Waals surface area (Å²) in [5.41, 5.74) is 0.918. The third kappa shape index (κ3) is 3.78. The number of ether oxygens (including phenoxy) is 1. The summed E-state index contributed by atoms with van der Waals surface area (Å²) in [4.78, 5) is 0. The third-order valence-corrected chi connectivity index (χ3v) is 3.62. The van der Waals surface area contributed by atoms with E-state index in [4.69, 9.17) is 17.0 Å². The van der Waals surface area contributed by atoms with Gasteiger partial charge in [0, 0.05) is 5.92 Å². The van der Waals surface area contributed by atoms with Gasteiger partial charge in [0.15, 0.2) is 5.82 Å². The minimum atomic E-state index is 0.225. The summed E-state index contributed by atoms with van der Waals surface area (Å²) in [7, 11) is 0. The highest BCUT2D eigenvalue weighted by molar-refractivity contribution is 7.71. The predicted octanol–water partition coefficient (Wildman–Crippen LogP) is 4.74. The van der Waals surface area contributed by atoms with Crippen LogP contribution in [0.2, 0.25) is 0 Å². The Bertz CT molecular complexity index is 897. The Kier molecular flexibility index (Phi) is 4.86. The fourth-order valence-electron chi connectivity index (χ4n) is 2.20. The van der Waals surface area contributed by atoms with Crippen molar-refractivity contribution in [1.82, 2.24) is 14.9 Å². The number of nitrogens with zero attached hydrogens (tertiary/aromatic N) is 3. The van der Waals surface area contributed by atoms with E-state index < -0.39 is 0 Å². The molecule has 3 rings (SSSR count). The van der Waals surface area contributed by atoms with Crippen molar-refractivity contribution in [3.63, 3.8) is 0 Å². The van der Waals surface area contributed by atoms with Gasteiger partial charge in [0.25, 0.3) is 0 Å². The molecule has 24 heavy (non-hydrogen) atoms. The highest BCUT2D eigenvalue weighted by atomic mass is 32.1.